The standard InChI is InChI=1S/C12H18FNO/c1-3-15-12-5-4-11(13)7-10(12)6-9(2)8-14/h4-5,7,9H,3,6,8,14H2,1-2H3. The lowest BCUT2D eigenvalue weighted by atomic mass is 10.0. The third-order valence-corrected chi connectivity index (χ3v) is 2.29. The molecule has 2 nitrogen and oxygen atoms in total. The normalized spacial score (nSPS) is 12.5. The highest BCUT2D eigenvalue weighted by Gasteiger charge is 2.08. The molecule has 0 aliphatic carbocycles. The summed E-state index contributed by atoms with van der Waals surface area (Å²) in [5, 5.41) is 0. The van der Waals surface area contributed by atoms with Gasteiger partial charge in [0.15, 0.2) is 0 Å². The third kappa shape index (κ3) is 3.51. The molecule has 1 atom stereocenters. The lowest BCUT2D eigenvalue weighted by Gasteiger charge is -2.13. The van der Waals surface area contributed by atoms with E-state index in [9.17, 15) is 4.39 Å². The first-order valence-corrected chi connectivity index (χ1v) is 5.28. The fourth-order valence-corrected chi connectivity index (χ4v) is 1.46. The van der Waals surface area contributed by atoms with Crippen molar-refractivity contribution in [3.05, 3.63) is 29.6 Å². The minimum absolute atomic E-state index is 0.224. The van der Waals surface area contributed by atoms with Crippen molar-refractivity contribution in [2.24, 2.45) is 11.7 Å². The van der Waals surface area contributed by atoms with E-state index in [0.717, 1.165) is 17.7 Å². The molecule has 0 saturated heterocycles. The quantitative estimate of drug-likeness (QED) is 0.811. The van der Waals surface area contributed by atoms with E-state index in [1.165, 1.54) is 12.1 Å². The molecule has 1 unspecified atom stereocenters. The van der Waals surface area contributed by atoms with Gasteiger partial charge in [-0.2, -0.15) is 0 Å². The number of hydrogen-bond donors (Lipinski definition) is 1. The predicted molar refractivity (Wildman–Crippen MR) is 59.5 cm³/mol. The van der Waals surface area contributed by atoms with E-state index in [4.69, 9.17) is 10.5 Å². The summed E-state index contributed by atoms with van der Waals surface area (Å²) in [6.45, 7) is 5.15. The van der Waals surface area contributed by atoms with E-state index in [0.29, 0.717) is 19.1 Å². The Morgan fingerprint density at radius 2 is 2.20 bits per heavy atom. The van der Waals surface area contributed by atoms with E-state index in [1.54, 1.807) is 6.07 Å². The van der Waals surface area contributed by atoms with E-state index in [1.807, 2.05) is 13.8 Å². The molecule has 0 heterocycles. The van der Waals surface area contributed by atoms with Crippen LogP contribution in [0.4, 0.5) is 4.39 Å². The summed E-state index contributed by atoms with van der Waals surface area (Å²) < 4.78 is 18.5. The Kier molecular flexibility index (Phi) is 4.56. The molecule has 0 spiro atoms. The van der Waals surface area contributed by atoms with Gasteiger partial charge >= 0.3 is 0 Å². The molecule has 0 radical (unpaired) electrons. The SMILES string of the molecule is CCOc1ccc(F)cc1CC(C)CN. The second kappa shape index (κ2) is 5.71. The van der Waals surface area contributed by atoms with Crippen molar-refractivity contribution >= 4 is 0 Å². The van der Waals surface area contributed by atoms with Crippen LogP contribution >= 0.6 is 0 Å². The van der Waals surface area contributed by atoms with Crippen LogP contribution in [0.1, 0.15) is 19.4 Å². The van der Waals surface area contributed by atoms with Crippen molar-refractivity contribution in [2.45, 2.75) is 20.3 Å². The first-order valence-electron chi connectivity index (χ1n) is 5.28. The fourth-order valence-electron chi connectivity index (χ4n) is 1.46. The van der Waals surface area contributed by atoms with Crippen molar-refractivity contribution in [3.8, 4) is 5.75 Å². The third-order valence-electron chi connectivity index (χ3n) is 2.29. The van der Waals surface area contributed by atoms with Crippen LogP contribution in [0.3, 0.4) is 0 Å². The zero-order chi connectivity index (χ0) is 11.3. The topological polar surface area (TPSA) is 35.2 Å². The van der Waals surface area contributed by atoms with Gasteiger partial charge in [-0.25, -0.2) is 4.39 Å². The molecule has 1 rings (SSSR count). The van der Waals surface area contributed by atoms with Crippen molar-refractivity contribution < 1.29 is 9.13 Å². The molecule has 0 aliphatic heterocycles. The second-order valence-corrected chi connectivity index (χ2v) is 3.73. The van der Waals surface area contributed by atoms with Crippen LogP contribution in [0.15, 0.2) is 18.2 Å². The van der Waals surface area contributed by atoms with Gasteiger partial charge in [-0.1, -0.05) is 6.92 Å². The molecule has 0 aliphatic rings. The van der Waals surface area contributed by atoms with Gasteiger partial charge in [0.25, 0.3) is 0 Å². The van der Waals surface area contributed by atoms with Gasteiger partial charge in [0.1, 0.15) is 11.6 Å². The average molecular weight is 211 g/mol. The Morgan fingerprint density at radius 1 is 1.47 bits per heavy atom. The molecule has 0 saturated carbocycles. The molecule has 0 fully saturated rings. The van der Waals surface area contributed by atoms with Gasteiger partial charge in [0.05, 0.1) is 6.61 Å². The Labute approximate surface area is 90.2 Å². The van der Waals surface area contributed by atoms with Crippen LogP contribution in [-0.4, -0.2) is 13.2 Å². The van der Waals surface area contributed by atoms with Crippen LogP contribution < -0.4 is 10.5 Å². The zero-order valence-electron chi connectivity index (χ0n) is 9.29. The monoisotopic (exact) mass is 211 g/mol. The molecule has 1 aromatic rings. The maximum Gasteiger partial charge on any atom is 0.123 e. The number of hydrogen-bond acceptors (Lipinski definition) is 2. The maximum absolute atomic E-state index is 13.1. The van der Waals surface area contributed by atoms with Gasteiger partial charge in [-0.15, -0.1) is 0 Å². The minimum Gasteiger partial charge on any atom is -0.494 e. The molecule has 0 amide bonds. The fraction of sp³-hybridized carbons (Fsp3) is 0.500. The van der Waals surface area contributed by atoms with Gasteiger partial charge < -0.3 is 10.5 Å². The van der Waals surface area contributed by atoms with E-state index in [2.05, 4.69) is 0 Å². The van der Waals surface area contributed by atoms with Crippen LogP contribution in [0.25, 0.3) is 0 Å². The van der Waals surface area contributed by atoms with Crippen molar-refractivity contribution in [3.63, 3.8) is 0 Å². The molecule has 84 valence electrons. The lowest BCUT2D eigenvalue weighted by molar-refractivity contribution is 0.334. The molecule has 3 heteroatoms. The molecule has 0 aromatic heterocycles. The minimum atomic E-state index is -0.224. The van der Waals surface area contributed by atoms with E-state index >= 15 is 0 Å². The summed E-state index contributed by atoms with van der Waals surface area (Å²) in [7, 11) is 0. The molecule has 2 N–H and O–H groups in total. The highest BCUT2D eigenvalue weighted by Crippen LogP contribution is 2.22. The van der Waals surface area contributed by atoms with Crippen molar-refractivity contribution in [1.29, 1.82) is 0 Å². The van der Waals surface area contributed by atoms with Gasteiger partial charge in [0.2, 0.25) is 0 Å². The van der Waals surface area contributed by atoms with Crippen molar-refractivity contribution in [2.75, 3.05) is 13.2 Å². The van der Waals surface area contributed by atoms with Gasteiger partial charge in [0, 0.05) is 0 Å². The summed E-state index contributed by atoms with van der Waals surface area (Å²) in [5.41, 5.74) is 6.45. The smallest absolute Gasteiger partial charge is 0.123 e. The van der Waals surface area contributed by atoms with Crippen molar-refractivity contribution in [1.82, 2.24) is 0 Å². The first kappa shape index (κ1) is 12.0. The number of halogens is 1. The van der Waals surface area contributed by atoms with Crippen LogP contribution in [-0.2, 0) is 6.42 Å². The number of ether oxygens (including phenoxy) is 1. The van der Waals surface area contributed by atoms with Gasteiger partial charge in [-0.05, 0) is 49.6 Å². The number of rotatable bonds is 5. The average Bonchev–Trinajstić information content (AvgIpc) is 2.22. The summed E-state index contributed by atoms with van der Waals surface area (Å²) in [4.78, 5) is 0. The Morgan fingerprint density at radius 3 is 2.80 bits per heavy atom. The number of benzene rings is 1. The molecule has 15 heavy (non-hydrogen) atoms. The Hall–Kier alpha value is -1.09. The van der Waals surface area contributed by atoms with E-state index in [-0.39, 0.29) is 5.82 Å². The summed E-state index contributed by atoms with van der Waals surface area (Å²) in [5.74, 6) is 0.878. The van der Waals surface area contributed by atoms with E-state index < -0.39 is 0 Å². The largest absolute Gasteiger partial charge is 0.494 e. The zero-order valence-corrected chi connectivity index (χ0v) is 9.29. The molecular weight excluding hydrogens is 193 g/mol. The number of nitrogens with two attached hydrogens (primary N) is 1. The van der Waals surface area contributed by atoms with Crippen LogP contribution in [0, 0.1) is 11.7 Å². The van der Waals surface area contributed by atoms with Crippen LogP contribution in [0.2, 0.25) is 0 Å². The first-order chi connectivity index (χ1) is 7.17. The highest BCUT2D eigenvalue weighted by atomic mass is 19.1. The predicted octanol–water partition coefficient (Wildman–Crippen LogP) is 2.36. The molecule has 0 bridgehead atoms. The van der Waals surface area contributed by atoms with Gasteiger partial charge in [-0.3, -0.25) is 0 Å². The maximum atomic E-state index is 13.1. The molecular formula is C12H18FNO. The summed E-state index contributed by atoms with van der Waals surface area (Å²) in [6.07, 6.45) is 0.754. The highest BCUT2D eigenvalue weighted by molar-refractivity contribution is 5.34. The summed E-state index contributed by atoms with van der Waals surface area (Å²) >= 11 is 0. The second-order valence-electron chi connectivity index (χ2n) is 3.73. The Balaban J connectivity index is 2.86. The summed E-state index contributed by atoms with van der Waals surface area (Å²) in [6, 6.07) is 4.62. The molecule has 1 aromatic carbocycles. The Bertz CT molecular complexity index is 314. The lowest BCUT2D eigenvalue weighted by Crippen LogP contribution is -2.14. The van der Waals surface area contributed by atoms with Crippen LogP contribution in [0.5, 0.6) is 5.75 Å².